The largest absolute Gasteiger partial charge is 0.462 e. The van der Waals surface area contributed by atoms with E-state index < -0.39 is 17.8 Å². The van der Waals surface area contributed by atoms with Crippen LogP contribution in [0.1, 0.15) is 79.5 Å². The number of nitrogens with two attached hydrogens (primary N) is 1. The van der Waals surface area contributed by atoms with Gasteiger partial charge in [0.15, 0.2) is 5.00 Å². The van der Waals surface area contributed by atoms with Crippen LogP contribution < -0.4 is 10.8 Å². The first-order valence-electron chi connectivity index (χ1n) is 16.6. The van der Waals surface area contributed by atoms with E-state index in [1.165, 1.54) is 16.9 Å². The number of carbonyl (C=O) groups is 2. The van der Waals surface area contributed by atoms with Crippen molar-refractivity contribution in [3.8, 4) is 12.1 Å². The molecule has 1 saturated carbocycles. The number of nitriles is 2. The van der Waals surface area contributed by atoms with Crippen LogP contribution in [0, 0.1) is 48.3 Å². The fourth-order valence-corrected chi connectivity index (χ4v) is 6.82. The molecule has 4 unspecified atom stereocenters. The maximum absolute atomic E-state index is 12.8. The number of azo groups is 1. The van der Waals surface area contributed by atoms with Gasteiger partial charge in [-0.05, 0) is 81.8 Å². The van der Waals surface area contributed by atoms with Crippen LogP contribution in [0.25, 0.3) is 0 Å². The SMILES string of the molecule is Cc1cc(N(CCC(C)OCCC(C)OC(=O)C2CCCCC2C(=O)ON)Cc2ccccc2)ccc1N=Nc1sc(C#N)c(C)c1C#N. The van der Waals surface area contributed by atoms with Crippen molar-refractivity contribution in [3.05, 3.63) is 75.7 Å². The number of aryl methyl sites for hydroxylation is 1. The number of hydrogen-bond donors (Lipinski definition) is 1. The molecule has 0 bridgehead atoms. The van der Waals surface area contributed by atoms with E-state index in [4.69, 9.17) is 15.4 Å². The van der Waals surface area contributed by atoms with Crippen LogP contribution in [0.2, 0.25) is 0 Å². The summed E-state index contributed by atoms with van der Waals surface area (Å²) in [5.74, 6) is 3.08. The predicted octanol–water partition coefficient (Wildman–Crippen LogP) is 7.87. The van der Waals surface area contributed by atoms with Gasteiger partial charge >= 0.3 is 11.9 Å². The lowest BCUT2D eigenvalue weighted by atomic mass is 9.79. The van der Waals surface area contributed by atoms with Crippen molar-refractivity contribution in [1.82, 2.24) is 0 Å². The van der Waals surface area contributed by atoms with Gasteiger partial charge in [0.05, 0.1) is 35.8 Å². The van der Waals surface area contributed by atoms with Crippen molar-refractivity contribution in [2.45, 2.75) is 85.0 Å². The second kappa shape index (κ2) is 18.2. The van der Waals surface area contributed by atoms with Gasteiger partial charge in [0.2, 0.25) is 0 Å². The second-order valence-corrected chi connectivity index (χ2v) is 13.5. The minimum atomic E-state index is -0.556. The fourth-order valence-electron chi connectivity index (χ4n) is 5.94. The summed E-state index contributed by atoms with van der Waals surface area (Å²) in [7, 11) is 0. The smallest absolute Gasteiger partial charge is 0.328 e. The van der Waals surface area contributed by atoms with Crippen molar-refractivity contribution >= 4 is 39.7 Å². The average Bonchev–Trinajstić information content (AvgIpc) is 3.43. The van der Waals surface area contributed by atoms with Gasteiger partial charge in [0.1, 0.15) is 23.1 Å². The molecule has 0 saturated heterocycles. The number of ether oxygens (including phenoxy) is 2. The molecule has 0 radical (unpaired) electrons. The Labute approximate surface area is 292 Å². The highest BCUT2D eigenvalue weighted by atomic mass is 32.1. The van der Waals surface area contributed by atoms with E-state index in [1.54, 1.807) is 6.92 Å². The molecular weight excluding hydrogens is 641 g/mol. The Bertz CT molecular complexity index is 1700. The predicted molar refractivity (Wildman–Crippen MR) is 187 cm³/mol. The number of hydrogen-bond acceptors (Lipinski definition) is 12. The summed E-state index contributed by atoms with van der Waals surface area (Å²) < 4.78 is 11.8. The first kappa shape index (κ1) is 37.2. The molecule has 3 aromatic rings. The van der Waals surface area contributed by atoms with Gasteiger partial charge in [0.25, 0.3) is 0 Å². The molecule has 0 spiro atoms. The highest BCUT2D eigenvalue weighted by molar-refractivity contribution is 7.16. The summed E-state index contributed by atoms with van der Waals surface area (Å²) in [5, 5.41) is 28.1. The topological polar surface area (TPSA) is 163 Å². The minimum Gasteiger partial charge on any atom is -0.462 e. The zero-order valence-electron chi connectivity index (χ0n) is 28.6. The Morgan fingerprint density at radius 1 is 0.980 bits per heavy atom. The Balaban J connectivity index is 1.34. The average molecular weight is 685 g/mol. The van der Waals surface area contributed by atoms with Crippen molar-refractivity contribution < 1.29 is 23.9 Å². The molecule has 4 rings (SSSR count). The van der Waals surface area contributed by atoms with Crippen LogP contribution in [-0.4, -0.2) is 37.3 Å². The maximum atomic E-state index is 12.8. The van der Waals surface area contributed by atoms with Gasteiger partial charge in [-0.25, -0.2) is 0 Å². The molecule has 11 nitrogen and oxygen atoms in total. The number of anilines is 1. The number of carbonyl (C=O) groups excluding carboxylic acids is 2. The fraction of sp³-hybridized carbons (Fsp3) is 0.459. The lowest BCUT2D eigenvalue weighted by Gasteiger charge is -2.29. The van der Waals surface area contributed by atoms with Crippen LogP contribution >= 0.6 is 11.3 Å². The first-order valence-corrected chi connectivity index (χ1v) is 17.4. The first-order chi connectivity index (χ1) is 23.6. The van der Waals surface area contributed by atoms with Gasteiger partial charge in [-0.2, -0.15) is 16.4 Å². The molecule has 0 aliphatic heterocycles. The molecular formula is C37H44N6O5S. The lowest BCUT2D eigenvalue weighted by molar-refractivity contribution is -0.166. The highest BCUT2D eigenvalue weighted by Crippen LogP contribution is 2.36. The summed E-state index contributed by atoms with van der Waals surface area (Å²) in [4.78, 5) is 32.1. The third kappa shape index (κ3) is 10.2. The number of rotatable bonds is 15. The number of thiophene rings is 1. The molecule has 0 amide bonds. The highest BCUT2D eigenvalue weighted by Gasteiger charge is 2.38. The van der Waals surface area contributed by atoms with Crippen LogP contribution in [-0.2, 0) is 30.4 Å². The molecule has 1 heterocycles. The van der Waals surface area contributed by atoms with Gasteiger partial charge in [-0.1, -0.05) is 43.2 Å². The summed E-state index contributed by atoms with van der Waals surface area (Å²) in [6.45, 7) is 9.47. The lowest BCUT2D eigenvalue weighted by Crippen LogP contribution is -2.37. The third-order valence-electron chi connectivity index (χ3n) is 8.89. The normalized spacial score (nSPS) is 17.1. The summed E-state index contributed by atoms with van der Waals surface area (Å²) in [6.07, 6.45) is 3.80. The van der Waals surface area contributed by atoms with E-state index in [9.17, 15) is 20.1 Å². The van der Waals surface area contributed by atoms with Gasteiger partial charge < -0.3 is 19.2 Å². The molecule has 1 aromatic heterocycles. The Morgan fingerprint density at radius 3 is 2.35 bits per heavy atom. The third-order valence-corrected chi connectivity index (χ3v) is 9.97. The Morgan fingerprint density at radius 2 is 1.69 bits per heavy atom. The Kier molecular flexibility index (Phi) is 13.8. The zero-order chi connectivity index (χ0) is 35.3. The quantitative estimate of drug-likeness (QED) is 0.0953. The van der Waals surface area contributed by atoms with Crippen LogP contribution in [0.3, 0.4) is 0 Å². The second-order valence-electron chi connectivity index (χ2n) is 12.5. The number of benzene rings is 2. The monoisotopic (exact) mass is 684 g/mol. The molecule has 1 aliphatic rings. The van der Waals surface area contributed by atoms with Crippen molar-refractivity contribution in [1.29, 1.82) is 10.5 Å². The molecule has 2 N–H and O–H groups in total. The van der Waals surface area contributed by atoms with Gasteiger partial charge in [0, 0.05) is 25.2 Å². The van der Waals surface area contributed by atoms with Crippen LogP contribution in [0.5, 0.6) is 0 Å². The molecule has 1 aliphatic carbocycles. The standard InChI is InChI=1S/C37H44N6O5S/c1-24-20-29(14-15-33(24)41-42-35-32(21-38)27(4)34(22-39)49-35)43(23-28-10-6-5-7-11-28)18-16-25(2)46-19-17-26(3)47-36(44)30-12-8-9-13-31(30)37(45)48-40/h5-7,10-11,14-15,20,25-26,30-31H,8-9,12-13,16-19,23,40H2,1-4H3. The minimum absolute atomic E-state index is 0.0423. The van der Waals surface area contributed by atoms with E-state index in [1.807, 2.05) is 51.1 Å². The molecule has 258 valence electrons. The van der Waals surface area contributed by atoms with E-state index in [0.717, 1.165) is 37.1 Å². The van der Waals surface area contributed by atoms with E-state index in [2.05, 4.69) is 50.3 Å². The van der Waals surface area contributed by atoms with E-state index in [0.29, 0.717) is 59.1 Å². The molecule has 4 atom stereocenters. The van der Waals surface area contributed by atoms with Crippen molar-refractivity contribution in [3.63, 3.8) is 0 Å². The summed E-state index contributed by atoms with van der Waals surface area (Å²) in [6, 6.07) is 20.5. The number of esters is 1. The number of nitrogens with zero attached hydrogens (tertiary/aromatic N) is 5. The molecule has 12 heteroatoms. The van der Waals surface area contributed by atoms with E-state index in [-0.39, 0.29) is 18.2 Å². The molecule has 1 fully saturated rings. The van der Waals surface area contributed by atoms with Crippen molar-refractivity contribution in [2.75, 3.05) is 18.1 Å². The zero-order valence-corrected chi connectivity index (χ0v) is 29.4. The summed E-state index contributed by atoms with van der Waals surface area (Å²) in [5.41, 5.74) is 4.83. The maximum Gasteiger partial charge on any atom is 0.328 e. The van der Waals surface area contributed by atoms with Gasteiger partial charge in [-0.15, -0.1) is 21.6 Å². The summed E-state index contributed by atoms with van der Waals surface area (Å²) >= 11 is 1.17. The van der Waals surface area contributed by atoms with Gasteiger partial charge in [-0.3, -0.25) is 9.59 Å². The Hall–Kier alpha value is -4.62. The van der Waals surface area contributed by atoms with Crippen molar-refractivity contribution in [2.24, 2.45) is 28.0 Å². The van der Waals surface area contributed by atoms with Crippen LogP contribution in [0.4, 0.5) is 16.4 Å². The molecule has 49 heavy (non-hydrogen) atoms. The molecule has 2 aromatic carbocycles. The van der Waals surface area contributed by atoms with Crippen LogP contribution in [0.15, 0.2) is 58.8 Å². The van der Waals surface area contributed by atoms with E-state index >= 15 is 0 Å².